The summed E-state index contributed by atoms with van der Waals surface area (Å²) in [6, 6.07) is 2.25. The first kappa shape index (κ1) is 12.3. The van der Waals surface area contributed by atoms with Crippen molar-refractivity contribution in [3.05, 3.63) is 28.8 Å². The van der Waals surface area contributed by atoms with E-state index in [1.807, 2.05) is 0 Å². The number of fused-ring (bicyclic) bond motifs is 1. The molecule has 0 spiro atoms. The molecule has 0 aliphatic rings. The molecule has 2 rings (SSSR count). The molecule has 0 saturated heterocycles. The molecule has 0 unspecified atom stereocenters. The molecule has 1 aromatic carbocycles. The Morgan fingerprint density at radius 1 is 1.35 bits per heavy atom. The van der Waals surface area contributed by atoms with E-state index in [0.717, 1.165) is 17.1 Å². The molecule has 6 heteroatoms. The van der Waals surface area contributed by atoms with Crippen LogP contribution in [-0.4, -0.2) is 15.1 Å². The van der Waals surface area contributed by atoms with Crippen molar-refractivity contribution in [3.8, 4) is 0 Å². The highest BCUT2D eigenvalue weighted by molar-refractivity contribution is 7.80. The lowest BCUT2D eigenvalue weighted by Crippen LogP contribution is -1.92. The van der Waals surface area contributed by atoms with E-state index in [-0.39, 0.29) is 5.05 Å². The van der Waals surface area contributed by atoms with Crippen molar-refractivity contribution in [1.29, 1.82) is 0 Å². The molecule has 0 aliphatic carbocycles. The molecule has 1 heterocycles. The van der Waals surface area contributed by atoms with Gasteiger partial charge in [-0.05, 0) is 31.1 Å². The van der Waals surface area contributed by atoms with Gasteiger partial charge >= 0.3 is 0 Å². The number of rotatable bonds is 4. The van der Waals surface area contributed by atoms with Gasteiger partial charge in [-0.25, -0.2) is 13.8 Å². The number of nitrogens with zero attached hydrogens (tertiary/aromatic N) is 1. The van der Waals surface area contributed by atoms with Crippen LogP contribution in [-0.2, 0) is 6.42 Å². The number of aromatic nitrogens is 1. The summed E-state index contributed by atoms with van der Waals surface area (Å²) >= 11 is 5.88. The summed E-state index contributed by atoms with van der Waals surface area (Å²) in [7, 11) is 0. The average Bonchev–Trinajstić information content (AvgIpc) is 2.60. The molecule has 2 nitrogen and oxygen atoms in total. The number of aliphatic hydroxyl groups excluding tert-OH is 1. The van der Waals surface area contributed by atoms with Crippen LogP contribution in [0, 0.1) is 11.6 Å². The number of hydrogen-bond donors (Lipinski definition) is 1. The standard InChI is InChI=1S/C11H9F2NOS2/c12-6-4-8-9(5-7(6)13)17-10(14-8)2-1-3-11(15)16/h4-5H,1-3H2,(H,15,16). The highest BCUT2D eigenvalue weighted by Crippen LogP contribution is 2.25. The molecule has 0 atom stereocenters. The lowest BCUT2D eigenvalue weighted by molar-refractivity contribution is 0.511. The van der Waals surface area contributed by atoms with Gasteiger partial charge in [0.15, 0.2) is 16.7 Å². The number of aliphatic hydroxyl groups is 1. The van der Waals surface area contributed by atoms with E-state index in [9.17, 15) is 8.78 Å². The molecule has 90 valence electrons. The molecule has 0 fully saturated rings. The van der Waals surface area contributed by atoms with Gasteiger partial charge in [-0.1, -0.05) is 0 Å². The molecular weight excluding hydrogens is 264 g/mol. The fourth-order valence-electron chi connectivity index (χ4n) is 1.47. The molecule has 0 aliphatic heterocycles. The van der Waals surface area contributed by atoms with E-state index < -0.39 is 11.6 Å². The monoisotopic (exact) mass is 273 g/mol. The molecular formula is C11H9F2NOS2. The first-order valence-electron chi connectivity index (χ1n) is 5.02. The number of halogens is 2. The maximum absolute atomic E-state index is 13.0. The topological polar surface area (TPSA) is 33.1 Å². The van der Waals surface area contributed by atoms with Crippen molar-refractivity contribution in [2.24, 2.45) is 0 Å². The van der Waals surface area contributed by atoms with Gasteiger partial charge in [-0.2, -0.15) is 0 Å². The van der Waals surface area contributed by atoms with Crippen LogP contribution < -0.4 is 0 Å². The molecule has 0 amide bonds. The van der Waals surface area contributed by atoms with Gasteiger partial charge in [-0.3, -0.25) is 0 Å². The third kappa shape index (κ3) is 2.95. The summed E-state index contributed by atoms with van der Waals surface area (Å²) < 4.78 is 26.6. The Kier molecular flexibility index (Phi) is 3.63. The molecule has 0 radical (unpaired) electrons. The number of aryl methyl sites for hydroxylation is 1. The number of thiocarbonyl (C=S) groups is 1. The number of hydrogen-bond acceptors (Lipinski definition) is 3. The van der Waals surface area contributed by atoms with Gasteiger partial charge in [0.25, 0.3) is 0 Å². The third-order valence-corrected chi connectivity index (χ3v) is 3.54. The van der Waals surface area contributed by atoms with E-state index in [0.29, 0.717) is 29.5 Å². The Hall–Kier alpha value is -1.14. The Bertz CT molecular complexity index is 529. The fourth-order valence-corrected chi connectivity index (χ4v) is 2.63. The summed E-state index contributed by atoms with van der Waals surface area (Å²) in [5, 5.41) is 9.63. The molecule has 0 bridgehead atoms. The summed E-state index contributed by atoms with van der Waals surface area (Å²) in [6.07, 6.45) is 1.76. The van der Waals surface area contributed by atoms with Gasteiger partial charge in [0.05, 0.1) is 15.2 Å². The maximum atomic E-state index is 13.0. The first-order valence-corrected chi connectivity index (χ1v) is 6.25. The van der Waals surface area contributed by atoms with Crippen LogP contribution in [0.2, 0.25) is 0 Å². The van der Waals surface area contributed by atoms with Crippen molar-refractivity contribution in [1.82, 2.24) is 4.98 Å². The minimum Gasteiger partial charge on any atom is -0.502 e. The third-order valence-electron chi connectivity index (χ3n) is 2.26. The van der Waals surface area contributed by atoms with Crippen molar-refractivity contribution in [2.75, 3.05) is 0 Å². The second-order valence-electron chi connectivity index (χ2n) is 3.59. The Labute approximate surface area is 106 Å². The van der Waals surface area contributed by atoms with Crippen LogP contribution in [0.25, 0.3) is 10.2 Å². The molecule has 0 saturated carbocycles. The Morgan fingerprint density at radius 2 is 2.06 bits per heavy atom. The van der Waals surface area contributed by atoms with E-state index in [1.54, 1.807) is 0 Å². The van der Waals surface area contributed by atoms with Crippen LogP contribution in [0.1, 0.15) is 17.8 Å². The quantitative estimate of drug-likeness (QED) is 0.860. The minimum atomic E-state index is -0.883. The minimum absolute atomic E-state index is 0.0248. The fraction of sp³-hybridized carbons (Fsp3) is 0.273. The van der Waals surface area contributed by atoms with Crippen molar-refractivity contribution in [3.63, 3.8) is 0 Å². The SMILES string of the molecule is OC(=S)CCCc1nc2cc(F)c(F)cc2s1. The van der Waals surface area contributed by atoms with Gasteiger partial charge in [-0.15, -0.1) is 11.3 Å². The number of thiazole rings is 1. The normalized spacial score (nSPS) is 10.9. The van der Waals surface area contributed by atoms with Crippen LogP contribution in [0.5, 0.6) is 0 Å². The van der Waals surface area contributed by atoms with Gasteiger partial charge in [0.1, 0.15) is 0 Å². The second-order valence-corrected chi connectivity index (χ2v) is 5.18. The second kappa shape index (κ2) is 5.01. The molecule has 1 N–H and O–H groups in total. The highest BCUT2D eigenvalue weighted by atomic mass is 32.1. The molecule has 17 heavy (non-hydrogen) atoms. The van der Waals surface area contributed by atoms with Crippen molar-refractivity contribution >= 4 is 38.8 Å². The zero-order chi connectivity index (χ0) is 12.4. The lowest BCUT2D eigenvalue weighted by Gasteiger charge is -1.93. The van der Waals surface area contributed by atoms with Gasteiger partial charge in [0.2, 0.25) is 0 Å². The Balaban J connectivity index is 2.17. The highest BCUT2D eigenvalue weighted by Gasteiger charge is 2.09. The van der Waals surface area contributed by atoms with Crippen LogP contribution >= 0.6 is 23.6 Å². The predicted octanol–water partition coefficient (Wildman–Crippen LogP) is 3.78. The van der Waals surface area contributed by atoms with E-state index in [2.05, 4.69) is 17.2 Å². The predicted molar refractivity (Wildman–Crippen MR) is 67.7 cm³/mol. The zero-order valence-corrected chi connectivity index (χ0v) is 10.4. The van der Waals surface area contributed by atoms with Gasteiger partial charge in [0, 0.05) is 12.5 Å². The number of benzene rings is 1. The summed E-state index contributed by atoms with van der Waals surface area (Å²) in [5.41, 5.74) is 0.468. The van der Waals surface area contributed by atoms with E-state index >= 15 is 0 Å². The van der Waals surface area contributed by atoms with Crippen molar-refractivity contribution < 1.29 is 13.9 Å². The summed E-state index contributed by atoms with van der Waals surface area (Å²) in [6.45, 7) is 0. The van der Waals surface area contributed by atoms with Gasteiger partial charge < -0.3 is 5.11 Å². The van der Waals surface area contributed by atoms with Crippen molar-refractivity contribution in [2.45, 2.75) is 19.3 Å². The van der Waals surface area contributed by atoms with Crippen LogP contribution in [0.4, 0.5) is 8.78 Å². The smallest absolute Gasteiger partial charge is 0.161 e. The largest absolute Gasteiger partial charge is 0.502 e. The summed E-state index contributed by atoms with van der Waals surface area (Å²) in [5.74, 6) is -1.74. The lowest BCUT2D eigenvalue weighted by atomic mass is 10.2. The zero-order valence-electron chi connectivity index (χ0n) is 8.74. The first-order chi connectivity index (χ1) is 8.06. The van der Waals surface area contributed by atoms with E-state index in [1.165, 1.54) is 11.3 Å². The molecule has 1 aromatic heterocycles. The summed E-state index contributed by atoms with van der Waals surface area (Å²) in [4.78, 5) is 4.20. The van der Waals surface area contributed by atoms with Crippen LogP contribution in [0.3, 0.4) is 0 Å². The maximum Gasteiger partial charge on any atom is 0.161 e. The van der Waals surface area contributed by atoms with E-state index in [4.69, 9.17) is 5.11 Å². The average molecular weight is 273 g/mol. The Morgan fingerprint density at radius 3 is 2.76 bits per heavy atom. The van der Waals surface area contributed by atoms with Crippen LogP contribution in [0.15, 0.2) is 12.1 Å². The molecule has 2 aromatic rings.